The van der Waals surface area contributed by atoms with Gasteiger partial charge in [0.25, 0.3) is 0 Å². The van der Waals surface area contributed by atoms with Crippen molar-refractivity contribution in [3.63, 3.8) is 0 Å². The Morgan fingerprint density at radius 3 is 1.55 bits per heavy atom. The molecule has 1 heterocycles. The maximum absolute atomic E-state index is 4.81. The van der Waals surface area contributed by atoms with Crippen LogP contribution in [0.4, 0.5) is 0 Å². The molecule has 1 heteroatoms. The first-order valence-electron chi connectivity index (χ1n) is 8.81. The molecule has 0 bridgehead atoms. The molecular weight excluding hydrogens is 242 g/mol. The molecular formula is C19H33N. The van der Waals surface area contributed by atoms with E-state index < -0.39 is 0 Å². The van der Waals surface area contributed by atoms with Crippen LogP contribution in [0, 0.1) is 0 Å². The Labute approximate surface area is 126 Å². The van der Waals surface area contributed by atoms with Gasteiger partial charge in [-0.1, -0.05) is 71.3 Å². The van der Waals surface area contributed by atoms with Crippen LogP contribution < -0.4 is 0 Å². The number of pyridine rings is 1. The van der Waals surface area contributed by atoms with Crippen LogP contribution in [0.1, 0.15) is 89.4 Å². The number of rotatable bonds is 12. The fourth-order valence-electron chi connectivity index (χ4n) is 2.63. The summed E-state index contributed by atoms with van der Waals surface area (Å²) in [6, 6.07) is 6.58. The molecule has 0 saturated carbocycles. The van der Waals surface area contributed by atoms with Crippen molar-refractivity contribution in [2.75, 3.05) is 0 Å². The lowest BCUT2D eigenvalue weighted by Gasteiger charge is -2.05. The van der Waals surface area contributed by atoms with E-state index in [0.29, 0.717) is 0 Å². The van der Waals surface area contributed by atoms with Crippen molar-refractivity contribution >= 4 is 0 Å². The molecule has 0 unspecified atom stereocenters. The Balaban J connectivity index is 2.19. The summed E-state index contributed by atoms with van der Waals surface area (Å²) in [5, 5.41) is 0. The van der Waals surface area contributed by atoms with Gasteiger partial charge in [0.1, 0.15) is 0 Å². The van der Waals surface area contributed by atoms with Gasteiger partial charge in [-0.25, -0.2) is 0 Å². The summed E-state index contributed by atoms with van der Waals surface area (Å²) in [6.07, 6.45) is 15.8. The molecule has 0 amide bonds. The predicted molar refractivity (Wildman–Crippen MR) is 89.2 cm³/mol. The Morgan fingerprint density at radius 1 is 0.650 bits per heavy atom. The highest BCUT2D eigenvalue weighted by Gasteiger charge is 1.99. The molecule has 0 spiro atoms. The molecule has 0 aromatic carbocycles. The van der Waals surface area contributed by atoms with Crippen LogP contribution in [0.2, 0.25) is 0 Å². The van der Waals surface area contributed by atoms with E-state index in [2.05, 4.69) is 32.0 Å². The monoisotopic (exact) mass is 275 g/mol. The van der Waals surface area contributed by atoms with E-state index in [1.54, 1.807) is 0 Å². The third-order valence-electron chi connectivity index (χ3n) is 3.94. The quantitative estimate of drug-likeness (QED) is 0.419. The van der Waals surface area contributed by atoms with Crippen LogP contribution >= 0.6 is 0 Å². The third-order valence-corrected chi connectivity index (χ3v) is 3.94. The molecule has 1 aromatic rings. The number of hydrogen-bond donors (Lipinski definition) is 0. The zero-order valence-electron chi connectivity index (χ0n) is 13.7. The Morgan fingerprint density at radius 2 is 1.10 bits per heavy atom. The van der Waals surface area contributed by atoms with Gasteiger partial charge in [-0.05, 0) is 37.8 Å². The zero-order chi connectivity index (χ0) is 14.5. The molecule has 0 radical (unpaired) electrons. The highest BCUT2D eigenvalue weighted by Crippen LogP contribution is 2.11. The van der Waals surface area contributed by atoms with Gasteiger partial charge in [-0.15, -0.1) is 0 Å². The van der Waals surface area contributed by atoms with E-state index in [4.69, 9.17) is 4.98 Å². The molecule has 0 aliphatic heterocycles. The molecule has 1 nitrogen and oxygen atoms in total. The molecule has 0 aliphatic carbocycles. The van der Waals surface area contributed by atoms with Crippen LogP contribution in [0.5, 0.6) is 0 Å². The lowest BCUT2D eigenvalue weighted by atomic mass is 10.1. The largest absolute Gasteiger partial charge is 0.258 e. The Kier molecular flexibility index (Phi) is 10.3. The smallest absolute Gasteiger partial charge is 0.0406 e. The molecule has 0 saturated heterocycles. The van der Waals surface area contributed by atoms with Gasteiger partial charge in [-0.2, -0.15) is 0 Å². The SMILES string of the molecule is CCCCCCCc1cccc(CCCCCCC)n1. The number of aromatic nitrogens is 1. The molecule has 0 fully saturated rings. The first kappa shape index (κ1) is 17.2. The van der Waals surface area contributed by atoms with Gasteiger partial charge in [-0.3, -0.25) is 4.98 Å². The Bertz CT molecular complexity index is 303. The average molecular weight is 275 g/mol. The maximum Gasteiger partial charge on any atom is 0.0406 e. The van der Waals surface area contributed by atoms with Crippen molar-refractivity contribution in [3.05, 3.63) is 29.6 Å². The fourth-order valence-corrected chi connectivity index (χ4v) is 2.63. The van der Waals surface area contributed by atoms with E-state index in [-0.39, 0.29) is 0 Å². The van der Waals surface area contributed by atoms with Gasteiger partial charge in [0.15, 0.2) is 0 Å². The van der Waals surface area contributed by atoms with Crippen molar-refractivity contribution in [2.45, 2.75) is 90.9 Å². The molecule has 0 atom stereocenters. The molecule has 20 heavy (non-hydrogen) atoms. The van der Waals surface area contributed by atoms with Crippen molar-refractivity contribution in [1.29, 1.82) is 0 Å². The summed E-state index contributed by atoms with van der Waals surface area (Å²) in [5.41, 5.74) is 2.60. The van der Waals surface area contributed by atoms with E-state index in [9.17, 15) is 0 Å². The second kappa shape index (κ2) is 11.9. The van der Waals surface area contributed by atoms with Crippen molar-refractivity contribution in [1.82, 2.24) is 4.98 Å². The van der Waals surface area contributed by atoms with Crippen molar-refractivity contribution < 1.29 is 0 Å². The van der Waals surface area contributed by atoms with E-state index in [1.807, 2.05) is 0 Å². The van der Waals surface area contributed by atoms with Crippen LogP contribution in [-0.4, -0.2) is 4.98 Å². The molecule has 114 valence electrons. The molecule has 0 N–H and O–H groups in total. The normalized spacial score (nSPS) is 10.9. The van der Waals surface area contributed by atoms with Gasteiger partial charge < -0.3 is 0 Å². The summed E-state index contributed by atoms with van der Waals surface area (Å²) >= 11 is 0. The first-order valence-corrected chi connectivity index (χ1v) is 8.81. The van der Waals surface area contributed by atoms with Gasteiger partial charge in [0, 0.05) is 11.4 Å². The highest BCUT2D eigenvalue weighted by molar-refractivity contribution is 5.11. The number of nitrogens with zero attached hydrogens (tertiary/aromatic N) is 1. The third kappa shape index (κ3) is 8.35. The lowest BCUT2D eigenvalue weighted by Crippen LogP contribution is -1.96. The summed E-state index contributed by atoms with van der Waals surface area (Å²) in [4.78, 5) is 4.81. The van der Waals surface area contributed by atoms with Gasteiger partial charge in [0.2, 0.25) is 0 Å². The lowest BCUT2D eigenvalue weighted by molar-refractivity contribution is 0.619. The second-order valence-electron chi connectivity index (χ2n) is 5.95. The van der Waals surface area contributed by atoms with E-state index in [1.165, 1.54) is 75.6 Å². The second-order valence-corrected chi connectivity index (χ2v) is 5.95. The van der Waals surface area contributed by atoms with E-state index in [0.717, 1.165) is 12.8 Å². The topological polar surface area (TPSA) is 12.9 Å². The summed E-state index contributed by atoms with van der Waals surface area (Å²) in [7, 11) is 0. The molecule has 0 aliphatic rings. The molecule has 1 rings (SSSR count). The van der Waals surface area contributed by atoms with Crippen LogP contribution in [0.25, 0.3) is 0 Å². The van der Waals surface area contributed by atoms with Crippen LogP contribution in [0.15, 0.2) is 18.2 Å². The number of unbranched alkanes of at least 4 members (excludes halogenated alkanes) is 8. The molecule has 1 aromatic heterocycles. The minimum atomic E-state index is 1.16. The van der Waals surface area contributed by atoms with Gasteiger partial charge in [0.05, 0.1) is 0 Å². The first-order chi connectivity index (χ1) is 9.86. The fraction of sp³-hybridized carbons (Fsp3) is 0.737. The average Bonchev–Trinajstić information content (AvgIpc) is 2.47. The van der Waals surface area contributed by atoms with Crippen LogP contribution in [0.3, 0.4) is 0 Å². The summed E-state index contributed by atoms with van der Waals surface area (Å²) < 4.78 is 0. The van der Waals surface area contributed by atoms with E-state index >= 15 is 0 Å². The van der Waals surface area contributed by atoms with Crippen molar-refractivity contribution in [3.8, 4) is 0 Å². The standard InChI is InChI=1S/C19H33N/c1-3-5-7-9-11-14-18-16-13-17-19(20-18)15-12-10-8-6-4-2/h13,16-17H,3-12,14-15H2,1-2H3. The Hall–Kier alpha value is -0.850. The minimum Gasteiger partial charge on any atom is -0.258 e. The predicted octanol–water partition coefficient (Wildman–Crippen LogP) is 6.11. The number of aryl methyl sites for hydroxylation is 2. The minimum absolute atomic E-state index is 1.16. The summed E-state index contributed by atoms with van der Waals surface area (Å²) in [5.74, 6) is 0. The number of hydrogen-bond acceptors (Lipinski definition) is 1. The maximum atomic E-state index is 4.81. The van der Waals surface area contributed by atoms with Crippen LogP contribution in [-0.2, 0) is 12.8 Å². The van der Waals surface area contributed by atoms with Crippen molar-refractivity contribution in [2.24, 2.45) is 0 Å². The zero-order valence-corrected chi connectivity index (χ0v) is 13.7. The highest BCUT2D eigenvalue weighted by atomic mass is 14.7. The van der Waals surface area contributed by atoms with Gasteiger partial charge >= 0.3 is 0 Å². The summed E-state index contributed by atoms with van der Waals surface area (Å²) in [6.45, 7) is 4.54.